The molecule has 144 valence electrons. The van der Waals surface area contributed by atoms with Crippen LogP contribution in [0.4, 0.5) is 0 Å². The van der Waals surface area contributed by atoms with Gasteiger partial charge in [0.25, 0.3) is 11.8 Å². The Morgan fingerprint density at radius 2 is 1.85 bits per heavy atom. The molecule has 2 N–H and O–H groups in total. The molecule has 1 aromatic carbocycles. The van der Waals surface area contributed by atoms with Crippen LogP contribution in [0, 0.1) is 0 Å². The van der Waals surface area contributed by atoms with E-state index in [1.54, 1.807) is 36.0 Å². The van der Waals surface area contributed by atoms with E-state index in [1.807, 2.05) is 20.1 Å². The van der Waals surface area contributed by atoms with Gasteiger partial charge in [-0.3, -0.25) is 9.59 Å². The van der Waals surface area contributed by atoms with E-state index in [1.165, 1.54) is 7.11 Å². The molecular formula is C18H26N2O5S. The van der Waals surface area contributed by atoms with Crippen LogP contribution in [-0.4, -0.2) is 55.6 Å². The molecule has 7 nitrogen and oxygen atoms in total. The number of hydrogen-bond acceptors (Lipinski definition) is 6. The normalized spacial score (nSPS) is 11.6. The largest absolute Gasteiger partial charge is 0.496 e. The van der Waals surface area contributed by atoms with Gasteiger partial charge >= 0.3 is 5.97 Å². The minimum atomic E-state index is -0.841. The number of ether oxygens (including phenoxy) is 2. The molecule has 26 heavy (non-hydrogen) atoms. The van der Waals surface area contributed by atoms with Gasteiger partial charge in [-0.2, -0.15) is 11.8 Å². The zero-order chi connectivity index (χ0) is 19.5. The number of benzene rings is 1. The van der Waals surface area contributed by atoms with Crippen LogP contribution in [0.3, 0.4) is 0 Å². The summed E-state index contributed by atoms with van der Waals surface area (Å²) in [5.74, 6) is -0.380. The summed E-state index contributed by atoms with van der Waals surface area (Å²) < 4.78 is 10.2. The lowest BCUT2D eigenvalue weighted by atomic mass is 10.1. The molecule has 0 bridgehead atoms. The number of methoxy groups -OCH3 is 1. The van der Waals surface area contributed by atoms with Gasteiger partial charge in [-0.05, 0) is 44.4 Å². The molecule has 2 amide bonds. The Morgan fingerprint density at radius 1 is 1.15 bits per heavy atom. The fourth-order valence-electron chi connectivity index (χ4n) is 2.15. The van der Waals surface area contributed by atoms with Crippen molar-refractivity contribution >= 4 is 29.5 Å². The van der Waals surface area contributed by atoms with Crippen molar-refractivity contribution in [2.45, 2.75) is 32.4 Å². The molecule has 0 aliphatic rings. The zero-order valence-corrected chi connectivity index (χ0v) is 16.4. The summed E-state index contributed by atoms with van der Waals surface area (Å²) in [5, 5.41) is 5.31. The molecule has 1 aromatic rings. The average Bonchev–Trinajstić information content (AvgIpc) is 2.62. The van der Waals surface area contributed by atoms with Gasteiger partial charge in [0, 0.05) is 6.04 Å². The highest BCUT2D eigenvalue weighted by molar-refractivity contribution is 7.98. The number of para-hydroxylation sites is 1. The molecule has 0 radical (unpaired) electrons. The number of esters is 1. The molecule has 0 aliphatic heterocycles. The van der Waals surface area contributed by atoms with Crippen molar-refractivity contribution in [1.29, 1.82) is 0 Å². The fraction of sp³-hybridized carbons (Fsp3) is 0.500. The third-order valence-corrected chi connectivity index (χ3v) is 3.99. The second-order valence-corrected chi connectivity index (χ2v) is 6.82. The summed E-state index contributed by atoms with van der Waals surface area (Å²) in [5.41, 5.74) is 0.328. The maximum atomic E-state index is 12.5. The first kappa shape index (κ1) is 21.8. The smallest absolute Gasteiger partial charge is 0.329 e. The quantitative estimate of drug-likeness (QED) is 0.597. The van der Waals surface area contributed by atoms with Crippen LogP contribution in [0.15, 0.2) is 24.3 Å². The van der Waals surface area contributed by atoms with E-state index >= 15 is 0 Å². The molecule has 0 aliphatic carbocycles. The second kappa shape index (κ2) is 11.4. The molecule has 0 saturated carbocycles. The van der Waals surface area contributed by atoms with Gasteiger partial charge in [-0.25, -0.2) is 4.79 Å². The molecule has 0 fully saturated rings. The number of carbonyl (C=O) groups excluding carboxylic acids is 3. The minimum absolute atomic E-state index is 0.0428. The Bertz CT molecular complexity index is 621. The first-order chi connectivity index (χ1) is 12.4. The Morgan fingerprint density at radius 3 is 2.46 bits per heavy atom. The Balaban J connectivity index is 2.74. The Hall–Kier alpha value is -2.22. The third kappa shape index (κ3) is 7.35. The maximum absolute atomic E-state index is 12.5. The van der Waals surface area contributed by atoms with Gasteiger partial charge < -0.3 is 20.1 Å². The van der Waals surface area contributed by atoms with Crippen LogP contribution in [0.25, 0.3) is 0 Å². The molecule has 0 unspecified atom stereocenters. The van der Waals surface area contributed by atoms with Gasteiger partial charge in [-0.1, -0.05) is 12.1 Å². The maximum Gasteiger partial charge on any atom is 0.329 e. The molecular weight excluding hydrogens is 356 g/mol. The molecule has 8 heteroatoms. The van der Waals surface area contributed by atoms with Gasteiger partial charge in [-0.15, -0.1) is 0 Å². The second-order valence-electron chi connectivity index (χ2n) is 5.84. The fourth-order valence-corrected chi connectivity index (χ4v) is 2.63. The molecule has 0 heterocycles. The minimum Gasteiger partial charge on any atom is -0.496 e. The first-order valence-corrected chi connectivity index (χ1v) is 9.67. The highest BCUT2D eigenvalue weighted by Gasteiger charge is 2.24. The molecule has 1 atom stereocenters. The van der Waals surface area contributed by atoms with Crippen molar-refractivity contribution in [3.63, 3.8) is 0 Å². The van der Waals surface area contributed by atoms with Crippen molar-refractivity contribution in [2.75, 3.05) is 25.7 Å². The molecule has 1 rings (SSSR count). The van der Waals surface area contributed by atoms with Crippen LogP contribution < -0.4 is 15.4 Å². The van der Waals surface area contributed by atoms with Crippen molar-refractivity contribution in [3.8, 4) is 5.75 Å². The van der Waals surface area contributed by atoms with Gasteiger partial charge in [0.1, 0.15) is 11.8 Å². The van der Waals surface area contributed by atoms with Gasteiger partial charge in [0.2, 0.25) is 0 Å². The van der Waals surface area contributed by atoms with E-state index < -0.39 is 17.9 Å². The SMILES string of the molecule is COc1ccccc1C(=O)N[C@@H](CCSC)C(=O)OCC(=O)NC(C)C. The zero-order valence-electron chi connectivity index (χ0n) is 15.5. The predicted octanol–water partition coefficient (Wildman–Crippen LogP) is 1.61. The number of nitrogens with one attached hydrogen (secondary N) is 2. The van der Waals surface area contributed by atoms with Crippen LogP contribution in [0.5, 0.6) is 5.75 Å². The standard InChI is InChI=1S/C18H26N2O5S/c1-12(2)19-16(21)11-25-18(23)14(9-10-26-4)20-17(22)13-7-5-6-8-15(13)24-3/h5-8,12,14H,9-11H2,1-4H3,(H,19,21)(H,20,22)/t14-/m0/s1. The van der Waals surface area contributed by atoms with Crippen molar-refractivity contribution in [3.05, 3.63) is 29.8 Å². The monoisotopic (exact) mass is 382 g/mol. The lowest BCUT2D eigenvalue weighted by Crippen LogP contribution is -2.43. The Labute approximate surface area is 158 Å². The lowest BCUT2D eigenvalue weighted by Gasteiger charge is -2.18. The first-order valence-electron chi connectivity index (χ1n) is 8.27. The molecule has 0 saturated heterocycles. The summed E-state index contributed by atoms with van der Waals surface area (Å²) >= 11 is 1.55. The number of thioether (sulfide) groups is 1. The van der Waals surface area contributed by atoms with Gasteiger partial charge in [0.05, 0.1) is 12.7 Å². The topological polar surface area (TPSA) is 93.7 Å². The van der Waals surface area contributed by atoms with E-state index in [-0.39, 0.29) is 18.6 Å². The summed E-state index contributed by atoms with van der Waals surface area (Å²) in [6.45, 7) is 3.25. The Kier molecular flexibility index (Phi) is 9.57. The number of rotatable bonds is 10. The van der Waals surface area contributed by atoms with E-state index in [9.17, 15) is 14.4 Å². The van der Waals surface area contributed by atoms with Gasteiger partial charge in [0.15, 0.2) is 6.61 Å². The van der Waals surface area contributed by atoms with E-state index in [4.69, 9.17) is 9.47 Å². The van der Waals surface area contributed by atoms with Crippen LogP contribution in [0.1, 0.15) is 30.6 Å². The molecule has 0 aromatic heterocycles. The number of amides is 2. The van der Waals surface area contributed by atoms with Crippen molar-refractivity contribution < 1.29 is 23.9 Å². The van der Waals surface area contributed by atoms with Crippen LogP contribution >= 0.6 is 11.8 Å². The van der Waals surface area contributed by atoms with Crippen molar-refractivity contribution in [2.24, 2.45) is 0 Å². The predicted molar refractivity (Wildman–Crippen MR) is 101 cm³/mol. The van der Waals surface area contributed by atoms with Crippen LogP contribution in [0.2, 0.25) is 0 Å². The van der Waals surface area contributed by atoms with E-state index in [2.05, 4.69) is 10.6 Å². The lowest BCUT2D eigenvalue weighted by molar-refractivity contribution is -0.150. The van der Waals surface area contributed by atoms with Crippen LogP contribution in [-0.2, 0) is 14.3 Å². The summed E-state index contributed by atoms with van der Waals surface area (Å²) in [7, 11) is 1.47. The third-order valence-electron chi connectivity index (χ3n) is 3.35. The summed E-state index contributed by atoms with van der Waals surface area (Å²) in [6.07, 6.45) is 2.30. The highest BCUT2D eigenvalue weighted by atomic mass is 32.2. The number of carbonyl (C=O) groups is 3. The van der Waals surface area contributed by atoms with E-state index in [0.29, 0.717) is 23.5 Å². The summed E-state index contributed by atoms with van der Waals surface area (Å²) in [4.78, 5) is 36.4. The average molecular weight is 382 g/mol. The van der Waals surface area contributed by atoms with E-state index in [0.717, 1.165) is 0 Å². The highest BCUT2D eigenvalue weighted by Crippen LogP contribution is 2.17. The number of hydrogen-bond donors (Lipinski definition) is 2. The molecule has 0 spiro atoms. The summed E-state index contributed by atoms with van der Waals surface area (Å²) in [6, 6.07) is 5.86. The van der Waals surface area contributed by atoms with Crippen molar-refractivity contribution in [1.82, 2.24) is 10.6 Å².